The van der Waals surface area contributed by atoms with Gasteiger partial charge in [0.15, 0.2) is 0 Å². The molecule has 6 heteroatoms. The van der Waals surface area contributed by atoms with Gasteiger partial charge in [-0.05, 0) is 27.2 Å². The van der Waals surface area contributed by atoms with E-state index in [1.165, 1.54) is 0 Å². The summed E-state index contributed by atoms with van der Waals surface area (Å²) in [6.45, 7) is 12.6. The van der Waals surface area contributed by atoms with E-state index in [4.69, 9.17) is 9.47 Å². The predicted octanol–water partition coefficient (Wildman–Crippen LogP) is 1.81. The van der Waals surface area contributed by atoms with E-state index in [1.54, 1.807) is 0 Å². The van der Waals surface area contributed by atoms with Gasteiger partial charge in [-0.25, -0.2) is 9.97 Å². The van der Waals surface area contributed by atoms with E-state index in [0.717, 1.165) is 69.8 Å². The number of nitrogens with zero attached hydrogens (tertiary/aromatic N) is 3. The lowest BCUT2D eigenvalue weighted by Crippen LogP contribution is -2.53. The highest BCUT2D eigenvalue weighted by molar-refractivity contribution is 5.38. The van der Waals surface area contributed by atoms with Crippen molar-refractivity contribution in [2.75, 3.05) is 51.4 Å². The van der Waals surface area contributed by atoms with Gasteiger partial charge in [0.05, 0.1) is 25.5 Å². The minimum Gasteiger partial charge on any atom is -0.381 e. The van der Waals surface area contributed by atoms with Gasteiger partial charge in [-0.1, -0.05) is 0 Å². The van der Waals surface area contributed by atoms with Crippen LogP contribution in [0.4, 0.5) is 5.82 Å². The molecular weight excluding hydrogens is 292 g/mol. The first kappa shape index (κ1) is 16.6. The number of hydrogen-bond donors (Lipinski definition) is 1. The summed E-state index contributed by atoms with van der Waals surface area (Å²) in [5.74, 6) is 2.14. The number of ether oxygens (including phenoxy) is 2. The van der Waals surface area contributed by atoms with E-state index < -0.39 is 0 Å². The second kappa shape index (κ2) is 7.11. The summed E-state index contributed by atoms with van der Waals surface area (Å²) in [4.78, 5) is 11.6. The number of anilines is 1. The van der Waals surface area contributed by atoms with Crippen LogP contribution < -0.4 is 5.32 Å². The van der Waals surface area contributed by atoms with Crippen molar-refractivity contribution in [3.63, 3.8) is 0 Å². The Hall–Kier alpha value is -1.24. The van der Waals surface area contributed by atoms with Gasteiger partial charge < -0.3 is 14.8 Å². The summed E-state index contributed by atoms with van der Waals surface area (Å²) >= 11 is 0. The third kappa shape index (κ3) is 4.19. The summed E-state index contributed by atoms with van der Waals surface area (Å²) in [7, 11) is 0. The highest BCUT2D eigenvalue weighted by atomic mass is 16.5. The Bertz CT molecular complexity index is 523. The summed E-state index contributed by atoms with van der Waals surface area (Å²) in [5, 5.41) is 3.51. The van der Waals surface area contributed by atoms with Crippen LogP contribution in [0.25, 0.3) is 0 Å². The summed E-state index contributed by atoms with van der Waals surface area (Å²) < 4.78 is 10.9. The molecule has 1 atom stereocenters. The fourth-order valence-electron chi connectivity index (χ4n) is 3.25. The molecule has 1 N–H and O–H groups in total. The molecule has 1 unspecified atom stereocenters. The molecule has 2 saturated heterocycles. The Kier molecular flexibility index (Phi) is 5.14. The van der Waals surface area contributed by atoms with Crippen LogP contribution in [0.1, 0.15) is 37.7 Å². The lowest BCUT2D eigenvalue weighted by molar-refractivity contribution is -0.00570. The standard InChI is InChI=1S/C17H28N4O2/c1-13-19-15(14-4-7-23-11-14)10-16(20-13)18-12-17(2,3)21-5-8-22-9-6-21/h10,14H,4-9,11-12H2,1-3H3,(H,18,19,20). The largest absolute Gasteiger partial charge is 0.381 e. The van der Waals surface area contributed by atoms with Crippen LogP contribution in [-0.2, 0) is 9.47 Å². The van der Waals surface area contributed by atoms with Gasteiger partial charge in [0, 0.05) is 43.8 Å². The normalized spacial score (nSPS) is 23.2. The number of rotatable bonds is 5. The van der Waals surface area contributed by atoms with E-state index in [0.29, 0.717) is 5.92 Å². The molecular formula is C17H28N4O2. The lowest BCUT2D eigenvalue weighted by atomic mass is 10.0. The first-order valence-electron chi connectivity index (χ1n) is 8.54. The van der Waals surface area contributed by atoms with Crippen molar-refractivity contribution < 1.29 is 9.47 Å². The maximum absolute atomic E-state index is 5.49. The summed E-state index contributed by atoms with van der Waals surface area (Å²) in [6, 6.07) is 2.09. The predicted molar refractivity (Wildman–Crippen MR) is 89.9 cm³/mol. The van der Waals surface area contributed by atoms with Crippen molar-refractivity contribution in [3.8, 4) is 0 Å². The molecule has 6 nitrogen and oxygen atoms in total. The Morgan fingerprint density at radius 2 is 2.00 bits per heavy atom. The number of morpholine rings is 1. The smallest absolute Gasteiger partial charge is 0.130 e. The number of hydrogen-bond acceptors (Lipinski definition) is 6. The van der Waals surface area contributed by atoms with Gasteiger partial charge >= 0.3 is 0 Å². The second-order valence-corrected chi connectivity index (χ2v) is 7.05. The van der Waals surface area contributed by atoms with Crippen molar-refractivity contribution in [2.45, 2.75) is 38.6 Å². The zero-order valence-electron chi connectivity index (χ0n) is 14.5. The second-order valence-electron chi connectivity index (χ2n) is 7.05. The van der Waals surface area contributed by atoms with Crippen molar-refractivity contribution in [3.05, 3.63) is 17.6 Å². The molecule has 3 heterocycles. The Balaban J connectivity index is 1.65. The van der Waals surface area contributed by atoms with E-state index in [-0.39, 0.29) is 5.54 Å². The molecule has 3 rings (SSSR count). The molecule has 23 heavy (non-hydrogen) atoms. The fraction of sp³-hybridized carbons (Fsp3) is 0.765. The summed E-state index contributed by atoms with van der Waals surface area (Å²) in [5.41, 5.74) is 1.17. The zero-order valence-corrected chi connectivity index (χ0v) is 14.5. The Morgan fingerprint density at radius 3 is 2.70 bits per heavy atom. The molecule has 2 aliphatic heterocycles. The zero-order chi connectivity index (χ0) is 16.3. The third-order valence-electron chi connectivity index (χ3n) is 4.77. The van der Waals surface area contributed by atoms with Crippen molar-refractivity contribution in [2.24, 2.45) is 0 Å². The van der Waals surface area contributed by atoms with Crippen LogP contribution in [0.3, 0.4) is 0 Å². The van der Waals surface area contributed by atoms with Gasteiger partial charge in [0.25, 0.3) is 0 Å². The first-order chi connectivity index (χ1) is 11.0. The van der Waals surface area contributed by atoms with Crippen LogP contribution in [-0.4, -0.2) is 66.5 Å². The molecule has 0 amide bonds. The molecule has 0 bridgehead atoms. The minimum absolute atomic E-state index is 0.0687. The van der Waals surface area contributed by atoms with Crippen LogP contribution in [0, 0.1) is 6.92 Å². The van der Waals surface area contributed by atoms with E-state index in [1.807, 2.05) is 6.92 Å². The van der Waals surface area contributed by atoms with Crippen LogP contribution in [0.2, 0.25) is 0 Å². The molecule has 128 valence electrons. The first-order valence-corrected chi connectivity index (χ1v) is 8.54. The average molecular weight is 320 g/mol. The maximum atomic E-state index is 5.49. The Morgan fingerprint density at radius 1 is 1.22 bits per heavy atom. The molecule has 2 aliphatic rings. The SMILES string of the molecule is Cc1nc(NCC(C)(C)N2CCOCC2)cc(C2CCOC2)n1. The lowest BCUT2D eigenvalue weighted by Gasteiger charge is -2.41. The van der Waals surface area contributed by atoms with E-state index in [2.05, 4.69) is 40.1 Å². The van der Waals surface area contributed by atoms with Gasteiger partial charge in [-0.3, -0.25) is 4.90 Å². The van der Waals surface area contributed by atoms with E-state index in [9.17, 15) is 0 Å². The third-order valence-corrected chi connectivity index (χ3v) is 4.77. The average Bonchev–Trinajstić information content (AvgIpc) is 3.08. The quantitative estimate of drug-likeness (QED) is 0.893. The van der Waals surface area contributed by atoms with Gasteiger partial charge in [0.1, 0.15) is 11.6 Å². The molecule has 0 spiro atoms. The van der Waals surface area contributed by atoms with Crippen LogP contribution in [0.15, 0.2) is 6.07 Å². The van der Waals surface area contributed by atoms with E-state index >= 15 is 0 Å². The monoisotopic (exact) mass is 320 g/mol. The fourth-order valence-corrected chi connectivity index (χ4v) is 3.25. The molecule has 0 aromatic carbocycles. The minimum atomic E-state index is 0.0687. The number of aryl methyl sites for hydroxylation is 1. The molecule has 1 aromatic heterocycles. The molecule has 0 aliphatic carbocycles. The molecule has 1 aromatic rings. The number of nitrogens with one attached hydrogen (secondary N) is 1. The van der Waals surface area contributed by atoms with Crippen molar-refractivity contribution in [1.82, 2.24) is 14.9 Å². The topological polar surface area (TPSA) is 59.5 Å². The van der Waals surface area contributed by atoms with Crippen LogP contribution >= 0.6 is 0 Å². The van der Waals surface area contributed by atoms with Gasteiger partial charge in [0.2, 0.25) is 0 Å². The van der Waals surface area contributed by atoms with Crippen molar-refractivity contribution in [1.29, 1.82) is 0 Å². The maximum Gasteiger partial charge on any atom is 0.130 e. The van der Waals surface area contributed by atoms with Gasteiger partial charge in [-0.15, -0.1) is 0 Å². The van der Waals surface area contributed by atoms with Crippen molar-refractivity contribution >= 4 is 5.82 Å². The molecule has 0 saturated carbocycles. The highest BCUT2D eigenvalue weighted by Gasteiger charge is 2.28. The Labute approximate surface area is 138 Å². The molecule has 2 fully saturated rings. The summed E-state index contributed by atoms with van der Waals surface area (Å²) in [6.07, 6.45) is 1.05. The molecule has 0 radical (unpaired) electrons. The van der Waals surface area contributed by atoms with Gasteiger partial charge in [-0.2, -0.15) is 0 Å². The highest BCUT2D eigenvalue weighted by Crippen LogP contribution is 2.25. The van der Waals surface area contributed by atoms with Crippen LogP contribution in [0.5, 0.6) is 0 Å². The number of aromatic nitrogens is 2.